The number of hydrogen-bond acceptors (Lipinski definition) is 5. The Hall–Kier alpha value is -1.99. The van der Waals surface area contributed by atoms with Crippen molar-refractivity contribution in [2.24, 2.45) is 0 Å². The number of amides is 2. The van der Waals surface area contributed by atoms with Gasteiger partial charge in [-0.05, 0) is 18.1 Å². The Morgan fingerprint density at radius 2 is 2.40 bits per heavy atom. The standard InChI is InChI=1S/C7H10N6O2/c14-6-4(2-1-3-8-6)9-7(15)5-10-12-13-11-5/h4H,1-3H2,(H,8,14)(H,9,15)(H,10,11,12,13). The van der Waals surface area contributed by atoms with Gasteiger partial charge in [0.15, 0.2) is 0 Å². The van der Waals surface area contributed by atoms with Crippen molar-refractivity contribution in [3.05, 3.63) is 5.82 Å². The highest BCUT2D eigenvalue weighted by Gasteiger charge is 2.25. The minimum atomic E-state index is -0.496. The Balaban J connectivity index is 1.96. The summed E-state index contributed by atoms with van der Waals surface area (Å²) in [5.74, 6) is -0.725. The van der Waals surface area contributed by atoms with Crippen LogP contribution in [0.15, 0.2) is 0 Å². The molecule has 1 fully saturated rings. The fourth-order valence-electron chi connectivity index (χ4n) is 1.39. The van der Waals surface area contributed by atoms with Crippen LogP contribution in [0.25, 0.3) is 0 Å². The molecule has 2 amide bonds. The van der Waals surface area contributed by atoms with Gasteiger partial charge in [-0.2, -0.15) is 5.21 Å². The van der Waals surface area contributed by atoms with Crippen molar-refractivity contribution in [3.8, 4) is 0 Å². The molecule has 1 aromatic heterocycles. The second kappa shape index (κ2) is 4.03. The summed E-state index contributed by atoms with van der Waals surface area (Å²) in [7, 11) is 0. The van der Waals surface area contributed by atoms with Crippen molar-refractivity contribution in [1.29, 1.82) is 0 Å². The average molecular weight is 210 g/mol. The number of piperidine rings is 1. The van der Waals surface area contributed by atoms with Gasteiger partial charge in [-0.3, -0.25) is 9.59 Å². The van der Waals surface area contributed by atoms with E-state index >= 15 is 0 Å². The van der Waals surface area contributed by atoms with Crippen LogP contribution in [0.2, 0.25) is 0 Å². The lowest BCUT2D eigenvalue weighted by molar-refractivity contribution is -0.124. The third kappa shape index (κ3) is 2.09. The van der Waals surface area contributed by atoms with Crippen LogP contribution in [-0.4, -0.2) is 45.0 Å². The maximum atomic E-state index is 11.4. The molecule has 1 atom stereocenters. The number of hydrogen-bond donors (Lipinski definition) is 3. The van der Waals surface area contributed by atoms with Gasteiger partial charge in [0.05, 0.1) is 0 Å². The number of aromatic amines is 1. The predicted molar refractivity (Wildman–Crippen MR) is 47.7 cm³/mol. The third-order valence-corrected chi connectivity index (χ3v) is 2.14. The van der Waals surface area contributed by atoms with E-state index < -0.39 is 11.9 Å². The summed E-state index contributed by atoms with van der Waals surface area (Å²) in [6.07, 6.45) is 1.48. The summed E-state index contributed by atoms with van der Waals surface area (Å²) in [5, 5.41) is 17.7. The molecule has 3 N–H and O–H groups in total. The minimum Gasteiger partial charge on any atom is -0.354 e. The lowest BCUT2D eigenvalue weighted by Crippen LogP contribution is -2.50. The monoisotopic (exact) mass is 210 g/mol. The van der Waals surface area contributed by atoms with Crippen LogP contribution in [0.5, 0.6) is 0 Å². The van der Waals surface area contributed by atoms with Crippen molar-refractivity contribution in [3.63, 3.8) is 0 Å². The first-order valence-corrected chi connectivity index (χ1v) is 4.59. The summed E-state index contributed by atoms with van der Waals surface area (Å²) in [4.78, 5) is 22.8. The van der Waals surface area contributed by atoms with Crippen molar-refractivity contribution in [2.75, 3.05) is 6.54 Å². The van der Waals surface area contributed by atoms with Gasteiger partial charge in [0.25, 0.3) is 11.7 Å². The zero-order chi connectivity index (χ0) is 10.7. The highest BCUT2D eigenvalue weighted by atomic mass is 16.2. The van der Waals surface area contributed by atoms with Gasteiger partial charge in [-0.15, -0.1) is 10.2 Å². The second-order valence-electron chi connectivity index (χ2n) is 3.19. The Morgan fingerprint density at radius 1 is 1.53 bits per heavy atom. The van der Waals surface area contributed by atoms with Gasteiger partial charge in [0, 0.05) is 6.54 Å². The highest BCUT2D eigenvalue weighted by Crippen LogP contribution is 2.03. The Bertz CT molecular complexity index is 362. The molecule has 1 aliphatic rings. The average Bonchev–Trinajstić information content (AvgIpc) is 2.74. The van der Waals surface area contributed by atoms with E-state index in [9.17, 15) is 9.59 Å². The Labute approximate surface area is 84.8 Å². The fourth-order valence-corrected chi connectivity index (χ4v) is 1.39. The fraction of sp³-hybridized carbons (Fsp3) is 0.571. The molecular weight excluding hydrogens is 200 g/mol. The molecule has 80 valence electrons. The molecule has 8 heteroatoms. The lowest BCUT2D eigenvalue weighted by Gasteiger charge is -2.21. The van der Waals surface area contributed by atoms with E-state index in [0.29, 0.717) is 13.0 Å². The van der Waals surface area contributed by atoms with Gasteiger partial charge in [-0.25, -0.2) is 0 Å². The largest absolute Gasteiger partial charge is 0.354 e. The number of nitrogens with zero attached hydrogens (tertiary/aromatic N) is 3. The molecule has 15 heavy (non-hydrogen) atoms. The van der Waals surface area contributed by atoms with Gasteiger partial charge in [-0.1, -0.05) is 0 Å². The number of rotatable bonds is 2. The van der Waals surface area contributed by atoms with E-state index in [4.69, 9.17) is 0 Å². The van der Waals surface area contributed by atoms with E-state index in [-0.39, 0.29) is 11.7 Å². The SMILES string of the molecule is O=C(NC1CCCNC1=O)c1nn[nH]n1. The minimum absolute atomic E-state index is 0.0617. The van der Waals surface area contributed by atoms with Gasteiger partial charge < -0.3 is 10.6 Å². The quantitative estimate of drug-likeness (QED) is 0.533. The lowest BCUT2D eigenvalue weighted by atomic mass is 10.1. The molecule has 1 saturated heterocycles. The number of tetrazole rings is 1. The molecule has 0 bridgehead atoms. The maximum absolute atomic E-state index is 11.4. The molecular formula is C7H10N6O2. The zero-order valence-corrected chi connectivity index (χ0v) is 7.86. The Kier molecular flexibility index (Phi) is 2.57. The van der Waals surface area contributed by atoms with E-state index in [1.54, 1.807) is 0 Å². The molecule has 1 unspecified atom stereocenters. The topological polar surface area (TPSA) is 113 Å². The molecule has 1 aliphatic heterocycles. The summed E-state index contributed by atoms with van der Waals surface area (Å²) in [6.45, 7) is 0.660. The van der Waals surface area contributed by atoms with Crippen LogP contribution in [0, 0.1) is 0 Å². The summed E-state index contributed by atoms with van der Waals surface area (Å²) >= 11 is 0. The number of nitrogens with one attached hydrogen (secondary N) is 3. The normalized spacial score (nSPS) is 20.8. The highest BCUT2D eigenvalue weighted by molar-refractivity contribution is 5.94. The summed E-state index contributed by atoms with van der Waals surface area (Å²) < 4.78 is 0. The molecule has 0 radical (unpaired) electrons. The van der Waals surface area contributed by atoms with Gasteiger partial charge >= 0.3 is 0 Å². The zero-order valence-electron chi connectivity index (χ0n) is 7.86. The van der Waals surface area contributed by atoms with E-state index in [0.717, 1.165) is 6.42 Å². The van der Waals surface area contributed by atoms with Crippen LogP contribution < -0.4 is 10.6 Å². The molecule has 0 aliphatic carbocycles. The van der Waals surface area contributed by atoms with Crippen molar-refractivity contribution in [2.45, 2.75) is 18.9 Å². The number of carbonyl (C=O) groups excluding carboxylic acids is 2. The van der Waals surface area contributed by atoms with Crippen LogP contribution in [0.4, 0.5) is 0 Å². The molecule has 0 spiro atoms. The van der Waals surface area contributed by atoms with Crippen LogP contribution in [0.1, 0.15) is 23.5 Å². The molecule has 0 aromatic carbocycles. The van der Waals surface area contributed by atoms with Gasteiger partial charge in [0.1, 0.15) is 6.04 Å². The molecule has 2 heterocycles. The predicted octanol–water partition coefficient (Wildman–Crippen LogP) is -1.79. The smallest absolute Gasteiger partial charge is 0.293 e. The number of aromatic nitrogens is 4. The number of H-pyrrole nitrogens is 1. The van der Waals surface area contributed by atoms with Crippen LogP contribution in [-0.2, 0) is 4.79 Å². The summed E-state index contributed by atoms with van der Waals surface area (Å²) in [5.41, 5.74) is 0. The molecule has 2 rings (SSSR count). The Morgan fingerprint density at radius 3 is 3.07 bits per heavy atom. The third-order valence-electron chi connectivity index (χ3n) is 2.14. The summed E-state index contributed by atoms with van der Waals surface area (Å²) in [6, 6.07) is -0.496. The maximum Gasteiger partial charge on any atom is 0.293 e. The van der Waals surface area contributed by atoms with E-state index in [2.05, 4.69) is 31.3 Å². The van der Waals surface area contributed by atoms with Crippen LogP contribution in [0.3, 0.4) is 0 Å². The van der Waals surface area contributed by atoms with Gasteiger partial charge in [0.2, 0.25) is 5.91 Å². The first kappa shape index (κ1) is 9.56. The van der Waals surface area contributed by atoms with Crippen LogP contribution >= 0.6 is 0 Å². The molecule has 0 saturated carbocycles. The first-order chi connectivity index (χ1) is 7.27. The molecule has 8 nitrogen and oxygen atoms in total. The molecule has 1 aromatic rings. The second-order valence-corrected chi connectivity index (χ2v) is 3.19. The van der Waals surface area contributed by atoms with E-state index in [1.165, 1.54) is 0 Å². The van der Waals surface area contributed by atoms with E-state index in [1.807, 2.05) is 0 Å². The first-order valence-electron chi connectivity index (χ1n) is 4.59. The van der Waals surface area contributed by atoms with Crippen molar-refractivity contribution < 1.29 is 9.59 Å². The number of carbonyl (C=O) groups is 2. The van der Waals surface area contributed by atoms with Crippen molar-refractivity contribution in [1.82, 2.24) is 31.3 Å². The van der Waals surface area contributed by atoms with Crippen molar-refractivity contribution >= 4 is 11.8 Å².